The molecule has 0 saturated carbocycles. The van der Waals surface area contributed by atoms with Gasteiger partial charge in [0, 0.05) is 13.6 Å². The van der Waals surface area contributed by atoms with Gasteiger partial charge in [-0.2, -0.15) is 15.0 Å². The van der Waals surface area contributed by atoms with Gasteiger partial charge in [0.2, 0.25) is 11.9 Å². The quantitative estimate of drug-likeness (QED) is 0.790. The first-order valence-corrected chi connectivity index (χ1v) is 8.68. The minimum Gasteiger partial charge on any atom is -0.461 e. The van der Waals surface area contributed by atoms with E-state index in [2.05, 4.69) is 25.6 Å². The third-order valence-corrected chi connectivity index (χ3v) is 5.41. The highest BCUT2D eigenvalue weighted by Gasteiger charge is 2.31. The maximum atomic E-state index is 11.8. The van der Waals surface area contributed by atoms with Gasteiger partial charge in [-0.05, 0) is 26.7 Å². The molecule has 2 heterocycles. The fourth-order valence-corrected chi connectivity index (χ4v) is 3.87. The Bertz CT molecular complexity index is 591. The zero-order valence-electron chi connectivity index (χ0n) is 12.5. The van der Waals surface area contributed by atoms with E-state index in [0.717, 1.165) is 6.42 Å². The molecule has 2 rings (SSSR count). The Morgan fingerprint density at radius 2 is 2.00 bits per heavy atom. The summed E-state index contributed by atoms with van der Waals surface area (Å²) in [6.07, 6.45) is 1.34. The van der Waals surface area contributed by atoms with Gasteiger partial charge in [0.25, 0.3) is 0 Å². The van der Waals surface area contributed by atoms with Crippen molar-refractivity contribution in [3.63, 3.8) is 0 Å². The lowest BCUT2D eigenvalue weighted by molar-refractivity contribution is 0.222. The van der Waals surface area contributed by atoms with E-state index >= 15 is 0 Å². The average Bonchev–Trinajstić information content (AvgIpc) is 2.74. The molecule has 1 fully saturated rings. The molecule has 1 aromatic heterocycles. The maximum Gasteiger partial charge on any atom is 0.323 e. The van der Waals surface area contributed by atoms with Crippen LogP contribution in [0, 0.1) is 0 Å². The number of hydrogen-bond donors (Lipinski definition) is 2. The second-order valence-electron chi connectivity index (χ2n) is 5.19. The Labute approximate surface area is 124 Å². The van der Waals surface area contributed by atoms with Gasteiger partial charge in [-0.15, -0.1) is 0 Å². The predicted octanol–water partition coefficient (Wildman–Crippen LogP) is 0.690. The lowest BCUT2D eigenvalue weighted by Gasteiger charge is -2.13. The summed E-state index contributed by atoms with van der Waals surface area (Å²) in [6, 6.07) is 0.209. The Balaban J connectivity index is 2.08. The second-order valence-corrected chi connectivity index (χ2v) is 7.59. The lowest BCUT2D eigenvalue weighted by atomic mass is 10.2. The van der Waals surface area contributed by atoms with Gasteiger partial charge in [-0.3, -0.25) is 0 Å². The number of hydrogen-bond acceptors (Lipinski definition) is 8. The first-order valence-electron chi connectivity index (χ1n) is 6.96. The van der Waals surface area contributed by atoms with Crippen LogP contribution in [0.15, 0.2) is 0 Å². The van der Waals surface area contributed by atoms with E-state index in [4.69, 9.17) is 4.74 Å². The number of nitrogens with zero attached hydrogens (tertiary/aromatic N) is 3. The smallest absolute Gasteiger partial charge is 0.323 e. The van der Waals surface area contributed by atoms with E-state index in [1.54, 1.807) is 7.05 Å². The summed E-state index contributed by atoms with van der Waals surface area (Å²) in [5.41, 5.74) is 0. The molecule has 1 unspecified atom stereocenters. The van der Waals surface area contributed by atoms with E-state index < -0.39 is 9.84 Å². The number of sulfone groups is 1. The monoisotopic (exact) mass is 315 g/mol. The summed E-state index contributed by atoms with van der Waals surface area (Å²) in [6.45, 7) is 4.05. The van der Waals surface area contributed by atoms with E-state index in [1.807, 2.05) is 13.8 Å². The van der Waals surface area contributed by atoms with Crippen LogP contribution in [-0.2, 0) is 9.84 Å². The number of anilines is 2. The van der Waals surface area contributed by atoms with E-state index in [0.29, 0.717) is 24.9 Å². The Morgan fingerprint density at radius 1 is 1.29 bits per heavy atom. The molecule has 0 aliphatic carbocycles. The SMILES string of the molecule is CNc1nc(NCC2CCCS2(=O)=O)nc(OC(C)C)n1. The molecule has 0 radical (unpaired) electrons. The van der Waals surface area contributed by atoms with Crippen LogP contribution in [0.1, 0.15) is 26.7 Å². The predicted molar refractivity (Wildman–Crippen MR) is 80.4 cm³/mol. The lowest BCUT2D eigenvalue weighted by Crippen LogP contribution is -2.26. The number of aromatic nitrogens is 3. The fraction of sp³-hybridized carbons (Fsp3) is 0.750. The van der Waals surface area contributed by atoms with Crippen molar-refractivity contribution in [3.05, 3.63) is 0 Å². The van der Waals surface area contributed by atoms with Gasteiger partial charge in [0.1, 0.15) is 0 Å². The maximum absolute atomic E-state index is 11.8. The van der Waals surface area contributed by atoms with Crippen molar-refractivity contribution in [1.82, 2.24) is 15.0 Å². The Kier molecular flexibility index (Phi) is 4.81. The highest BCUT2D eigenvalue weighted by atomic mass is 32.2. The van der Waals surface area contributed by atoms with Crippen molar-refractivity contribution in [2.45, 2.75) is 38.0 Å². The Hall–Kier alpha value is -1.64. The molecule has 1 aliphatic rings. The molecule has 0 amide bonds. The first-order chi connectivity index (χ1) is 9.90. The zero-order valence-corrected chi connectivity index (χ0v) is 13.3. The zero-order chi connectivity index (χ0) is 15.5. The van der Waals surface area contributed by atoms with E-state index in [1.165, 1.54) is 0 Å². The summed E-state index contributed by atoms with van der Waals surface area (Å²) in [7, 11) is -1.29. The van der Waals surface area contributed by atoms with Crippen molar-refractivity contribution in [1.29, 1.82) is 0 Å². The number of rotatable bonds is 6. The van der Waals surface area contributed by atoms with Crippen molar-refractivity contribution in [2.75, 3.05) is 30.0 Å². The third-order valence-electron chi connectivity index (χ3n) is 3.13. The minimum atomic E-state index is -2.98. The molecule has 0 aromatic carbocycles. The molecule has 1 saturated heterocycles. The van der Waals surface area contributed by atoms with Crippen LogP contribution < -0.4 is 15.4 Å². The summed E-state index contributed by atoms with van der Waals surface area (Å²) in [5.74, 6) is 0.949. The molecular weight excluding hydrogens is 294 g/mol. The highest BCUT2D eigenvalue weighted by molar-refractivity contribution is 7.92. The molecule has 1 aliphatic heterocycles. The van der Waals surface area contributed by atoms with Gasteiger partial charge in [-0.25, -0.2) is 8.42 Å². The number of nitrogens with one attached hydrogen (secondary N) is 2. The van der Waals surface area contributed by atoms with Crippen LogP contribution in [0.5, 0.6) is 6.01 Å². The molecule has 8 nitrogen and oxygen atoms in total. The molecule has 1 atom stereocenters. The van der Waals surface area contributed by atoms with Gasteiger partial charge >= 0.3 is 6.01 Å². The second kappa shape index (κ2) is 6.42. The molecule has 9 heteroatoms. The minimum absolute atomic E-state index is 0.0554. The molecular formula is C12H21N5O3S. The van der Waals surface area contributed by atoms with Crippen LogP contribution >= 0.6 is 0 Å². The van der Waals surface area contributed by atoms with Crippen LogP contribution in [0.4, 0.5) is 11.9 Å². The largest absolute Gasteiger partial charge is 0.461 e. The molecule has 1 aromatic rings. The summed E-state index contributed by atoms with van der Waals surface area (Å²) in [4.78, 5) is 12.4. The van der Waals surface area contributed by atoms with Crippen molar-refractivity contribution in [3.8, 4) is 6.01 Å². The normalized spacial score (nSPS) is 20.5. The average molecular weight is 315 g/mol. The van der Waals surface area contributed by atoms with Crippen LogP contribution in [0.25, 0.3) is 0 Å². The van der Waals surface area contributed by atoms with Gasteiger partial charge in [-0.1, -0.05) is 0 Å². The van der Waals surface area contributed by atoms with Gasteiger partial charge < -0.3 is 15.4 Å². The van der Waals surface area contributed by atoms with Crippen molar-refractivity contribution < 1.29 is 13.2 Å². The van der Waals surface area contributed by atoms with Crippen LogP contribution in [0.2, 0.25) is 0 Å². The summed E-state index contributed by atoms with van der Waals surface area (Å²) < 4.78 is 29.0. The number of ether oxygens (including phenoxy) is 1. The fourth-order valence-electron chi connectivity index (χ4n) is 2.10. The topological polar surface area (TPSA) is 106 Å². The summed E-state index contributed by atoms with van der Waals surface area (Å²) >= 11 is 0. The van der Waals surface area contributed by atoms with Crippen molar-refractivity contribution >= 4 is 21.7 Å². The van der Waals surface area contributed by atoms with Gasteiger partial charge in [0.15, 0.2) is 9.84 Å². The molecule has 21 heavy (non-hydrogen) atoms. The van der Waals surface area contributed by atoms with Gasteiger partial charge in [0.05, 0.1) is 17.1 Å². The molecule has 2 N–H and O–H groups in total. The summed E-state index contributed by atoms with van der Waals surface area (Å²) in [5, 5.41) is 5.42. The van der Waals surface area contributed by atoms with Crippen LogP contribution in [-0.4, -0.2) is 54.1 Å². The van der Waals surface area contributed by atoms with E-state index in [-0.39, 0.29) is 23.1 Å². The van der Waals surface area contributed by atoms with E-state index in [9.17, 15) is 8.42 Å². The van der Waals surface area contributed by atoms with Crippen LogP contribution in [0.3, 0.4) is 0 Å². The standard InChI is InChI=1S/C12H21N5O3S/c1-8(2)20-12-16-10(13-3)15-11(17-12)14-7-9-5-4-6-21(9,18)19/h8-9H,4-7H2,1-3H3,(H2,13,14,15,16,17). The molecule has 0 spiro atoms. The third kappa shape index (κ3) is 4.16. The first kappa shape index (κ1) is 15.7. The molecule has 118 valence electrons. The van der Waals surface area contributed by atoms with Crippen molar-refractivity contribution in [2.24, 2.45) is 0 Å². The highest BCUT2D eigenvalue weighted by Crippen LogP contribution is 2.20. The molecule has 0 bridgehead atoms. The Morgan fingerprint density at radius 3 is 2.57 bits per heavy atom.